The Bertz CT molecular complexity index is 509. The first-order chi connectivity index (χ1) is 8.82. The molecule has 0 unspecified atom stereocenters. The number of nitrogens with zero attached hydrogens (tertiary/aromatic N) is 2. The maximum Gasteiger partial charge on any atom is 0.325 e. The van der Waals surface area contributed by atoms with Crippen LogP contribution in [0.5, 0.6) is 0 Å². The minimum absolute atomic E-state index is 0.149. The van der Waals surface area contributed by atoms with E-state index in [1.54, 1.807) is 19.9 Å². The third-order valence-electron chi connectivity index (χ3n) is 3.16. The molecule has 0 spiro atoms. The molecule has 6 nitrogen and oxygen atoms in total. The summed E-state index contributed by atoms with van der Waals surface area (Å²) in [7, 11) is 0. The lowest BCUT2D eigenvalue weighted by atomic mass is 9.91. The smallest absolute Gasteiger partial charge is 0.325 e. The number of nitrogens with one attached hydrogen (secondary N) is 1. The predicted octanol–water partition coefficient (Wildman–Crippen LogP) is 1.84. The Morgan fingerprint density at radius 1 is 1.47 bits per heavy atom. The van der Waals surface area contributed by atoms with E-state index in [2.05, 4.69) is 10.5 Å². The van der Waals surface area contributed by atoms with Gasteiger partial charge in [0.2, 0.25) is 0 Å². The van der Waals surface area contributed by atoms with Crippen LogP contribution in [0.25, 0.3) is 0 Å². The van der Waals surface area contributed by atoms with E-state index in [0.717, 1.165) is 0 Å². The van der Waals surface area contributed by atoms with Crippen molar-refractivity contribution in [1.82, 2.24) is 15.4 Å². The second-order valence-corrected chi connectivity index (χ2v) is 5.68. The van der Waals surface area contributed by atoms with Gasteiger partial charge in [-0.05, 0) is 26.2 Å². The lowest BCUT2D eigenvalue weighted by molar-refractivity contribution is -0.131. The highest BCUT2D eigenvalue weighted by atomic mass is 16.5. The molecule has 6 heteroatoms. The number of urea groups is 1. The van der Waals surface area contributed by atoms with Crippen LogP contribution in [0.4, 0.5) is 4.79 Å². The molecule has 3 amide bonds. The van der Waals surface area contributed by atoms with Gasteiger partial charge in [0.05, 0.1) is 6.54 Å². The van der Waals surface area contributed by atoms with Gasteiger partial charge in [-0.25, -0.2) is 4.79 Å². The van der Waals surface area contributed by atoms with Crippen LogP contribution < -0.4 is 5.32 Å². The first-order valence-corrected chi connectivity index (χ1v) is 6.38. The van der Waals surface area contributed by atoms with Crippen LogP contribution in [0.2, 0.25) is 0 Å². The van der Waals surface area contributed by atoms with E-state index in [-0.39, 0.29) is 18.5 Å². The Kier molecular flexibility index (Phi) is 3.34. The molecule has 1 aromatic rings. The number of aryl methyl sites for hydroxylation is 1. The molecule has 1 fully saturated rings. The average molecular weight is 265 g/mol. The van der Waals surface area contributed by atoms with Crippen LogP contribution in [0.3, 0.4) is 0 Å². The van der Waals surface area contributed by atoms with Crippen molar-refractivity contribution in [2.45, 2.75) is 46.2 Å². The van der Waals surface area contributed by atoms with E-state index >= 15 is 0 Å². The molecule has 1 aliphatic rings. The number of amides is 3. The fraction of sp³-hybridized carbons (Fsp3) is 0.615. The van der Waals surface area contributed by atoms with Gasteiger partial charge < -0.3 is 9.84 Å². The Morgan fingerprint density at radius 3 is 2.68 bits per heavy atom. The molecule has 1 saturated heterocycles. The van der Waals surface area contributed by atoms with Crippen molar-refractivity contribution < 1.29 is 14.1 Å². The summed E-state index contributed by atoms with van der Waals surface area (Å²) in [5.74, 6) is 0.780. The van der Waals surface area contributed by atoms with Crippen LogP contribution >= 0.6 is 0 Å². The fourth-order valence-electron chi connectivity index (χ4n) is 2.50. The van der Waals surface area contributed by atoms with E-state index in [1.807, 2.05) is 13.8 Å². The molecule has 0 aliphatic carbocycles. The molecule has 1 aromatic heterocycles. The first kappa shape index (κ1) is 13.6. The van der Waals surface area contributed by atoms with E-state index in [1.165, 1.54) is 4.90 Å². The fourth-order valence-corrected chi connectivity index (χ4v) is 2.50. The van der Waals surface area contributed by atoms with E-state index in [0.29, 0.717) is 23.8 Å². The summed E-state index contributed by atoms with van der Waals surface area (Å²) in [6.45, 7) is 7.73. The number of rotatable bonds is 4. The average Bonchev–Trinajstić information content (AvgIpc) is 2.76. The molecular weight excluding hydrogens is 246 g/mol. The minimum Gasteiger partial charge on any atom is -0.361 e. The number of imide groups is 1. The second-order valence-electron chi connectivity index (χ2n) is 5.68. The molecule has 1 aliphatic heterocycles. The van der Waals surface area contributed by atoms with Gasteiger partial charge in [0.15, 0.2) is 0 Å². The van der Waals surface area contributed by atoms with Gasteiger partial charge in [-0.2, -0.15) is 0 Å². The number of carbonyl (C=O) groups excluding carboxylic acids is 2. The summed E-state index contributed by atoms with van der Waals surface area (Å²) in [4.78, 5) is 25.5. The Labute approximate surface area is 112 Å². The molecule has 0 aromatic carbocycles. The normalized spacial score (nSPS) is 23.3. The zero-order valence-electron chi connectivity index (χ0n) is 11.7. The van der Waals surface area contributed by atoms with E-state index in [9.17, 15) is 9.59 Å². The highest BCUT2D eigenvalue weighted by Gasteiger charge is 2.47. The minimum atomic E-state index is -0.815. The zero-order valence-corrected chi connectivity index (χ0v) is 11.7. The highest BCUT2D eigenvalue weighted by Crippen LogP contribution is 2.26. The second kappa shape index (κ2) is 4.68. The summed E-state index contributed by atoms with van der Waals surface area (Å²) in [5, 5.41) is 6.58. The summed E-state index contributed by atoms with van der Waals surface area (Å²) in [5.41, 5.74) is -0.237. The van der Waals surface area contributed by atoms with E-state index in [4.69, 9.17) is 4.52 Å². The van der Waals surface area contributed by atoms with Crippen LogP contribution in [-0.4, -0.2) is 27.5 Å². The SMILES string of the molecule is Cc1cc(CN2C(=O)N[C@@](C)(CC(C)C)C2=O)no1. The molecule has 2 heterocycles. The Hall–Kier alpha value is -1.85. The van der Waals surface area contributed by atoms with Crippen LogP contribution in [0, 0.1) is 12.8 Å². The van der Waals surface area contributed by atoms with Crippen molar-refractivity contribution in [1.29, 1.82) is 0 Å². The first-order valence-electron chi connectivity index (χ1n) is 6.38. The van der Waals surface area contributed by atoms with Crippen molar-refractivity contribution in [3.05, 3.63) is 17.5 Å². The number of hydrogen-bond donors (Lipinski definition) is 1. The molecule has 1 N–H and O–H groups in total. The van der Waals surface area contributed by atoms with Crippen molar-refractivity contribution in [2.75, 3.05) is 0 Å². The predicted molar refractivity (Wildman–Crippen MR) is 68.2 cm³/mol. The van der Waals surface area contributed by atoms with Gasteiger partial charge >= 0.3 is 6.03 Å². The quantitative estimate of drug-likeness (QED) is 0.843. The third-order valence-corrected chi connectivity index (χ3v) is 3.16. The molecule has 0 radical (unpaired) electrons. The van der Waals surface area contributed by atoms with Crippen molar-refractivity contribution in [3.63, 3.8) is 0 Å². The molecular formula is C13H19N3O3. The highest BCUT2D eigenvalue weighted by molar-refractivity contribution is 6.06. The van der Waals surface area contributed by atoms with E-state index < -0.39 is 5.54 Å². The number of hydrogen-bond acceptors (Lipinski definition) is 4. The molecule has 19 heavy (non-hydrogen) atoms. The maximum absolute atomic E-state index is 12.4. The molecule has 0 bridgehead atoms. The van der Waals surface area contributed by atoms with Crippen molar-refractivity contribution >= 4 is 11.9 Å². The van der Waals surface area contributed by atoms with Crippen LogP contribution in [-0.2, 0) is 11.3 Å². The third kappa shape index (κ3) is 2.62. The summed E-state index contributed by atoms with van der Waals surface area (Å²) < 4.78 is 4.94. The van der Waals surface area contributed by atoms with Crippen LogP contribution in [0.1, 0.15) is 38.6 Å². The maximum atomic E-state index is 12.4. The summed E-state index contributed by atoms with van der Waals surface area (Å²) in [6.07, 6.45) is 0.617. The molecule has 2 rings (SSSR count). The molecule has 0 saturated carbocycles. The topological polar surface area (TPSA) is 75.4 Å². The molecule has 1 atom stereocenters. The Balaban J connectivity index is 2.14. The van der Waals surface area contributed by atoms with Gasteiger partial charge in [0.1, 0.15) is 17.0 Å². The van der Waals surface area contributed by atoms with Gasteiger partial charge in [0.25, 0.3) is 5.91 Å². The Morgan fingerprint density at radius 2 is 2.16 bits per heavy atom. The van der Waals surface area contributed by atoms with Crippen LogP contribution in [0.15, 0.2) is 10.6 Å². The van der Waals surface area contributed by atoms with Gasteiger partial charge in [-0.3, -0.25) is 9.69 Å². The van der Waals surface area contributed by atoms with Crippen molar-refractivity contribution in [3.8, 4) is 0 Å². The largest absolute Gasteiger partial charge is 0.361 e. The zero-order chi connectivity index (χ0) is 14.2. The monoisotopic (exact) mass is 265 g/mol. The van der Waals surface area contributed by atoms with Gasteiger partial charge in [0, 0.05) is 6.07 Å². The standard InChI is InChI=1S/C13H19N3O3/c1-8(2)6-13(4)11(17)16(12(18)14-13)7-10-5-9(3)19-15-10/h5,8H,6-7H2,1-4H3,(H,14,18)/t13-/m0/s1. The lowest BCUT2D eigenvalue weighted by Crippen LogP contribution is -2.44. The summed E-state index contributed by atoms with van der Waals surface area (Å²) >= 11 is 0. The lowest BCUT2D eigenvalue weighted by Gasteiger charge is -2.23. The van der Waals surface area contributed by atoms with Crippen molar-refractivity contribution in [2.24, 2.45) is 5.92 Å². The number of carbonyl (C=O) groups is 2. The van der Waals surface area contributed by atoms with Gasteiger partial charge in [-0.15, -0.1) is 0 Å². The number of aromatic nitrogens is 1. The summed E-state index contributed by atoms with van der Waals surface area (Å²) in [6, 6.07) is 1.35. The van der Waals surface area contributed by atoms with Gasteiger partial charge in [-0.1, -0.05) is 19.0 Å². The molecule has 104 valence electrons.